The van der Waals surface area contributed by atoms with Gasteiger partial charge in [-0.3, -0.25) is 9.78 Å². The maximum atomic E-state index is 11.8. The number of anilines is 1. The molecule has 0 fully saturated rings. The molecule has 0 amide bonds. The maximum absolute atomic E-state index is 11.8. The van der Waals surface area contributed by atoms with Crippen molar-refractivity contribution >= 4 is 11.5 Å². The summed E-state index contributed by atoms with van der Waals surface area (Å²) in [6.07, 6.45) is -2.89. The normalized spacial score (nSPS) is 11.3. The molecule has 0 saturated heterocycles. The van der Waals surface area contributed by atoms with Crippen LogP contribution in [0.25, 0.3) is 0 Å². The van der Waals surface area contributed by atoms with E-state index in [4.69, 9.17) is 5.73 Å². The van der Waals surface area contributed by atoms with Crippen LogP contribution in [0.15, 0.2) is 18.5 Å². The molecule has 3 nitrogen and oxygen atoms in total. The molecule has 0 atom stereocenters. The van der Waals surface area contributed by atoms with E-state index >= 15 is 0 Å². The van der Waals surface area contributed by atoms with Gasteiger partial charge in [-0.1, -0.05) is 0 Å². The minimum Gasteiger partial charge on any atom is -0.397 e. The lowest BCUT2D eigenvalue weighted by Gasteiger charge is -2.04. The number of alkyl halides is 3. The average Bonchev–Trinajstić information content (AvgIpc) is 2.01. The van der Waals surface area contributed by atoms with Crippen LogP contribution in [0.1, 0.15) is 10.4 Å². The van der Waals surface area contributed by atoms with Crippen molar-refractivity contribution in [2.75, 3.05) is 5.73 Å². The molecule has 0 saturated carbocycles. The number of pyridine rings is 1. The Morgan fingerprint density at radius 1 is 1.38 bits per heavy atom. The van der Waals surface area contributed by atoms with Crippen LogP contribution in [0.5, 0.6) is 0 Å². The summed E-state index contributed by atoms with van der Waals surface area (Å²) in [6.45, 7) is 0. The highest BCUT2D eigenvalue weighted by atomic mass is 19.4. The Morgan fingerprint density at radius 2 is 2.00 bits per heavy atom. The second kappa shape index (κ2) is 3.04. The average molecular weight is 190 g/mol. The van der Waals surface area contributed by atoms with Crippen LogP contribution >= 0.6 is 0 Å². The van der Waals surface area contributed by atoms with Gasteiger partial charge in [0.1, 0.15) is 0 Å². The van der Waals surface area contributed by atoms with Crippen LogP contribution in [0.4, 0.5) is 18.9 Å². The third-order valence-corrected chi connectivity index (χ3v) is 1.28. The second-order valence-electron chi connectivity index (χ2n) is 2.33. The van der Waals surface area contributed by atoms with Gasteiger partial charge in [-0.05, 0) is 6.07 Å². The van der Waals surface area contributed by atoms with E-state index in [-0.39, 0.29) is 5.69 Å². The maximum Gasteiger partial charge on any atom is 0.454 e. The number of carbonyl (C=O) groups excluding carboxylic acids is 1. The zero-order chi connectivity index (χ0) is 10.1. The highest BCUT2D eigenvalue weighted by Gasteiger charge is 2.39. The molecule has 0 bridgehead atoms. The molecule has 0 spiro atoms. The first-order chi connectivity index (χ1) is 5.91. The van der Waals surface area contributed by atoms with E-state index in [0.29, 0.717) is 0 Å². The van der Waals surface area contributed by atoms with Gasteiger partial charge in [0.05, 0.1) is 5.69 Å². The minimum atomic E-state index is -4.88. The first-order valence-electron chi connectivity index (χ1n) is 3.23. The van der Waals surface area contributed by atoms with Crippen molar-refractivity contribution in [1.82, 2.24) is 4.98 Å². The molecule has 0 aliphatic heterocycles. The van der Waals surface area contributed by atoms with Crippen LogP contribution in [0.2, 0.25) is 0 Å². The minimum absolute atomic E-state index is 0.0232. The fourth-order valence-electron chi connectivity index (χ4n) is 0.746. The molecule has 1 aromatic heterocycles. The lowest BCUT2D eigenvalue weighted by Crippen LogP contribution is -2.22. The number of ketones is 1. The Morgan fingerprint density at radius 3 is 2.46 bits per heavy atom. The molecule has 0 aliphatic rings. The Hall–Kier alpha value is -1.59. The fraction of sp³-hybridized carbons (Fsp3) is 0.143. The van der Waals surface area contributed by atoms with Crippen LogP contribution < -0.4 is 5.73 Å². The third kappa shape index (κ3) is 2.17. The SMILES string of the molecule is Nc1cncc(C(=O)C(F)(F)F)c1. The highest BCUT2D eigenvalue weighted by molar-refractivity contribution is 6.00. The van der Waals surface area contributed by atoms with Gasteiger partial charge in [0.15, 0.2) is 0 Å². The smallest absolute Gasteiger partial charge is 0.397 e. The number of hydrogen-bond donors (Lipinski definition) is 1. The summed E-state index contributed by atoms with van der Waals surface area (Å²) in [5.41, 5.74) is 4.63. The van der Waals surface area contributed by atoms with E-state index in [9.17, 15) is 18.0 Å². The molecule has 1 aromatic rings. The molecule has 0 aliphatic carbocycles. The molecule has 0 radical (unpaired) electrons. The molecule has 0 aromatic carbocycles. The van der Waals surface area contributed by atoms with Gasteiger partial charge in [-0.25, -0.2) is 0 Å². The number of nitrogen functional groups attached to an aromatic ring is 1. The van der Waals surface area contributed by atoms with E-state index in [1.165, 1.54) is 0 Å². The molecule has 1 heterocycles. The van der Waals surface area contributed by atoms with Crippen molar-refractivity contribution in [3.05, 3.63) is 24.0 Å². The predicted molar refractivity (Wildman–Crippen MR) is 39.0 cm³/mol. The number of aromatic nitrogens is 1. The molecule has 70 valence electrons. The van der Waals surface area contributed by atoms with Crippen molar-refractivity contribution in [2.45, 2.75) is 6.18 Å². The number of halogens is 3. The number of rotatable bonds is 1. The summed E-state index contributed by atoms with van der Waals surface area (Å²) in [5.74, 6) is -1.94. The first-order valence-corrected chi connectivity index (χ1v) is 3.23. The zero-order valence-corrected chi connectivity index (χ0v) is 6.30. The first kappa shape index (κ1) is 9.50. The number of nitrogens with two attached hydrogens (primary N) is 1. The predicted octanol–water partition coefficient (Wildman–Crippen LogP) is 1.41. The summed E-state index contributed by atoms with van der Waals surface area (Å²) in [4.78, 5) is 14.0. The van der Waals surface area contributed by atoms with Crippen LogP contribution in [-0.2, 0) is 0 Å². The lowest BCUT2D eigenvalue weighted by molar-refractivity contribution is -0.0885. The van der Waals surface area contributed by atoms with Crippen LogP contribution in [0.3, 0.4) is 0 Å². The Bertz CT molecular complexity index is 335. The Labute approximate surface area is 71.4 Å². The summed E-state index contributed by atoms with van der Waals surface area (Å²) < 4.78 is 35.5. The van der Waals surface area contributed by atoms with E-state index < -0.39 is 17.5 Å². The molecule has 13 heavy (non-hydrogen) atoms. The number of nitrogens with zero attached hydrogens (tertiary/aromatic N) is 1. The van der Waals surface area contributed by atoms with Gasteiger partial charge in [-0.2, -0.15) is 13.2 Å². The van der Waals surface area contributed by atoms with Crippen molar-refractivity contribution in [3.63, 3.8) is 0 Å². The van der Waals surface area contributed by atoms with Gasteiger partial charge in [0.2, 0.25) is 0 Å². The van der Waals surface area contributed by atoms with Crippen molar-refractivity contribution in [3.8, 4) is 0 Å². The lowest BCUT2D eigenvalue weighted by atomic mass is 10.2. The molecular weight excluding hydrogens is 185 g/mol. The summed E-state index contributed by atoms with van der Waals surface area (Å²) in [5, 5.41) is 0. The second-order valence-corrected chi connectivity index (χ2v) is 2.33. The molecular formula is C7H5F3N2O. The largest absolute Gasteiger partial charge is 0.454 e. The van der Waals surface area contributed by atoms with Gasteiger partial charge in [0.25, 0.3) is 5.78 Å². The Kier molecular flexibility index (Phi) is 2.22. The highest BCUT2D eigenvalue weighted by Crippen LogP contribution is 2.21. The number of carbonyl (C=O) groups is 1. The van der Waals surface area contributed by atoms with Gasteiger partial charge < -0.3 is 5.73 Å². The van der Waals surface area contributed by atoms with Crippen LogP contribution in [-0.4, -0.2) is 16.9 Å². The summed E-state index contributed by atoms with van der Waals surface area (Å²) in [7, 11) is 0. The van der Waals surface area contributed by atoms with Crippen molar-refractivity contribution in [2.24, 2.45) is 0 Å². The quantitative estimate of drug-likeness (QED) is 0.681. The van der Waals surface area contributed by atoms with Crippen molar-refractivity contribution in [1.29, 1.82) is 0 Å². The number of hydrogen-bond acceptors (Lipinski definition) is 3. The molecule has 6 heteroatoms. The van der Waals surface area contributed by atoms with E-state index in [0.717, 1.165) is 18.5 Å². The molecule has 2 N–H and O–H groups in total. The number of Topliss-reactive ketones (excluding diaryl/α,β-unsaturated/α-hetero) is 1. The topological polar surface area (TPSA) is 56.0 Å². The van der Waals surface area contributed by atoms with Gasteiger partial charge in [0, 0.05) is 18.0 Å². The summed E-state index contributed by atoms with van der Waals surface area (Å²) in [6, 6.07) is 0.933. The molecule has 0 unspecified atom stereocenters. The van der Waals surface area contributed by atoms with E-state index in [2.05, 4.69) is 4.98 Å². The van der Waals surface area contributed by atoms with Gasteiger partial charge >= 0.3 is 6.18 Å². The standard InChI is InChI=1S/C7H5F3N2O/c8-7(9,10)6(13)4-1-5(11)3-12-2-4/h1-3H,11H2. The van der Waals surface area contributed by atoms with E-state index in [1.54, 1.807) is 0 Å². The third-order valence-electron chi connectivity index (χ3n) is 1.28. The van der Waals surface area contributed by atoms with Gasteiger partial charge in [-0.15, -0.1) is 0 Å². The molecule has 1 rings (SSSR count). The van der Waals surface area contributed by atoms with Crippen molar-refractivity contribution < 1.29 is 18.0 Å². The van der Waals surface area contributed by atoms with E-state index in [1.807, 2.05) is 0 Å². The summed E-state index contributed by atoms with van der Waals surface area (Å²) >= 11 is 0. The monoisotopic (exact) mass is 190 g/mol. The zero-order valence-electron chi connectivity index (χ0n) is 6.30. The fourth-order valence-corrected chi connectivity index (χ4v) is 0.746. The Balaban J connectivity index is 3.03. The van der Waals surface area contributed by atoms with Crippen LogP contribution in [0, 0.1) is 0 Å².